The molecule has 71 valence electrons. The van der Waals surface area contributed by atoms with E-state index in [2.05, 4.69) is 24.3 Å². The van der Waals surface area contributed by atoms with Gasteiger partial charge in [0.05, 0.1) is 6.61 Å². The minimum absolute atomic E-state index is 0.0433. The zero-order valence-electron chi connectivity index (χ0n) is 8.23. The van der Waals surface area contributed by atoms with Gasteiger partial charge in [0, 0.05) is 5.92 Å². The van der Waals surface area contributed by atoms with E-state index < -0.39 is 0 Å². The lowest BCUT2D eigenvalue weighted by Gasteiger charge is -2.08. The van der Waals surface area contributed by atoms with Gasteiger partial charge in [-0.2, -0.15) is 0 Å². The molecule has 0 amide bonds. The molecular weight excluding hydrogens is 172 g/mol. The molecule has 1 atom stereocenters. The van der Waals surface area contributed by atoms with Crippen LogP contribution in [0.1, 0.15) is 18.4 Å². The fraction of sp³-hybridized carbons (Fsp3) is 0.231. The summed E-state index contributed by atoms with van der Waals surface area (Å²) in [6.07, 6.45) is 0. The maximum Gasteiger partial charge on any atom is 0.0888 e. The highest BCUT2D eigenvalue weighted by atomic mass is 16.3. The zero-order chi connectivity index (χ0) is 9.97. The van der Waals surface area contributed by atoms with Crippen molar-refractivity contribution in [3.63, 3.8) is 0 Å². The average molecular weight is 185 g/mol. The van der Waals surface area contributed by atoms with Crippen LogP contribution in [0.15, 0.2) is 42.5 Å². The van der Waals surface area contributed by atoms with Crippen LogP contribution in [0, 0.1) is 0 Å². The fourth-order valence-corrected chi connectivity index (χ4v) is 1.61. The van der Waals surface area contributed by atoms with Crippen LogP contribution in [0.5, 0.6) is 0 Å². The van der Waals surface area contributed by atoms with E-state index in [-0.39, 0.29) is 12.5 Å². The van der Waals surface area contributed by atoms with Gasteiger partial charge in [-0.05, 0) is 16.3 Å². The lowest BCUT2D eigenvalue weighted by atomic mass is 9.99. The molecule has 1 nitrogen and oxygen atoms in total. The lowest BCUT2D eigenvalue weighted by molar-refractivity contribution is 0.177. The molecule has 0 aliphatic rings. The Morgan fingerprint density at radius 1 is 1.07 bits per heavy atom. The first-order valence-electron chi connectivity index (χ1n) is 4.88. The fourth-order valence-electron chi connectivity index (χ4n) is 1.61. The second-order valence-corrected chi connectivity index (χ2v) is 3.67. The summed E-state index contributed by atoms with van der Waals surface area (Å²) in [5, 5.41) is 13.2. The maximum atomic E-state index is 10.8. The van der Waals surface area contributed by atoms with Crippen molar-refractivity contribution in [3.8, 4) is 0 Å². The largest absolute Gasteiger partial charge is 0.236 e. The molecule has 14 heavy (non-hydrogen) atoms. The Morgan fingerprint density at radius 3 is 2.50 bits per heavy atom. The molecule has 2 rings (SSSR count). The number of hydrogen-bond acceptors (Lipinski definition) is 0. The molecule has 1 unspecified atom stereocenters. The Balaban J connectivity index is 2.51. The van der Waals surface area contributed by atoms with Crippen molar-refractivity contribution >= 4 is 10.8 Å². The molecule has 0 spiro atoms. The first kappa shape index (κ1) is 9.22. The van der Waals surface area contributed by atoms with Gasteiger partial charge in [-0.25, -0.2) is 5.11 Å². The van der Waals surface area contributed by atoms with Crippen molar-refractivity contribution in [1.29, 1.82) is 0 Å². The second kappa shape index (κ2) is 3.81. The monoisotopic (exact) mass is 185 g/mol. The van der Waals surface area contributed by atoms with Crippen LogP contribution in [-0.2, 0) is 5.11 Å². The number of rotatable bonds is 2. The van der Waals surface area contributed by atoms with Crippen LogP contribution in [0.3, 0.4) is 0 Å². The smallest absolute Gasteiger partial charge is 0.0888 e. The summed E-state index contributed by atoms with van der Waals surface area (Å²) in [6, 6.07) is 14.4. The normalized spacial score (nSPS) is 13.0. The molecule has 1 radical (unpaired) electrons. The predicted molar refractivity (Wildman–Crippen MR) is 57.9 cm³/mol. The Labute approximate surface area is 84.0 Å². The van der Waals surface area contributed by atoms with E-state index >= 15 is 0 Å². The van der Waals surface area contributed by atoms with Crippen molar-refractivity contribution in [1.82, 2.24) is 0 Å². The maximum absolute atomic E-state index is 10.8. The summed E-state index contributed by atoms with van der Waals surface area (Å²) in [6.45, 7) is 1.93. The van der Waals surface area contributed by atoms with E-state index in [1.54, 1.807) is 0 Å². The molecule has 1 heteroatoms. The van der Waals surface area contributed by atoms with E-state index in [9.17, 15) is 5.11 Å². The summed E-state index contributed by atoms with van der Waals surface area (Å²) >= 11 is 0. The first-order valence-corrected chi connectivity index (χ1v) is 4.88. The summed E-state index contributed by atoms with van der Waals surface area (Å²) in [4.78, 5) is 0. The highest BCUT2D eigenvalue weighted by Gasteiger charge is 2.04. The van der Waals surface area contributed by atoms with Gasteiger partial charge in [0.1, 0.15) is 0 Å². The summed E-state index contributed by atoms with van der Waals surface area (Å²) in [5.74, 6) is 0.111. The minimum Gasteiger partial charge on any atom is -0.236 e. The summed E-state index contributed by atoms with van der Waals surface area (Å²) in [7, 11) is 0. The van der Waals surface area contributed by atoms with Crippen LogP contribution in [0.4, 0.5) is 0 Å². The van der Waals surface area contributed by atoms with Gasteiger partial charge in [0.25, 0.3) is 0 Å². The molecule has 2 aromatic carbocycles. The molecular formula is C13H13O. The van der Waals surface area contributed by atoms with Crippen molar-refractivity contribution in [2.45, 2.75) is 12.8 Å². The van der Waals surface area contributed by atoms with Gasteiger partial charge in [-0.1, -0.05) is 49.4 Å². The molecule has 0 aromatic heterocycles. The average Bonchev–Trinajstić information content (AvgIpc) is 2.27. The molecule has 0 saturated carbocycles. The zero-order valence-corrected chi connectivity index (χ0v) is 8.23. The van der Waals surface area contributed by atoms with E-state index in [0.717, 1.165) is 5.56 Å². The third kappa shape index (κ3) is 1.64. The van der Waals surface area contributed by atoms with Crippen molar-refractivity contribution in [2.24, 2.45) is 0 Å². The number of fused-ring (bicyclic) bond motifs is 1. The Hall–Kier alpha value is -1.34. The topological polar surface area (TPSA) is 19.9 Å². The van der Waals surface area contributed by atoms with Crippen molar-refractivity contribution < 1.29 is 5.11 Å². The van der Waals surface area contributed by atoms with E-state index in [4.69, 9.17) is 0 Å². The second-order valence-electron chi connectivity index (χ2n) is 3.67. The molecule has 2 aromatic rings. The van der Waals surface area contributed by atoms with E-state index in [1.807, 2.05) is 25.1 Å². The Morgan fingerprint density at radius 2 is 1.79 bits per heavy atom. The predicted octanol–water partition coefficient (Wildman–Crippen LogP) is 3.37. The van der Waals surface area contributed by atoms with Gasteiger partial charge in [-0.3, -0.25) is 0 Å². The van der Waals surface area contributed by atoms with Gasteiger partial charge in [0.2, 0.25) is 0 Å². The van der Waals surface area contributed by atoms with Gasteiger partial charge >= 0.3 is 0 Å². The van der Waals surface area contributed by atoms with Gasteiger partial charge < -0.3 is 0 Å². The van der Waals surface area contributed by atoms with Crippen LogP contribution in [0.2, 0.25) is 0 Å². The summed E-state index contributed by atoms with van der Waals surface area (Å²) in [5.41, 5.74) is 1.14. The highest BCUT2D eigenvalue weighted by molar-refractivity contribution is 5.83. The van der Waals surface area contributed by atoms with Gasteiger partial charge in [0.15, 0.2) is 0 Å². The number of benzene rings is 2. The molecule has 0 aliphatic heterocycles. The third-order valence-electron chi connectivity index (χ3n) is 2.59. The lowest BCUT2D eigenvalue weighted by Crippen LogP contribution is -1.96. The molecule has 0 heterocycles. The highest BCUT2D eigenvalue weighted by Crippen LogP contribution is 2.21. The van der Waals surface area contributed by atoms with Crippen LogP contribution in [0.25, 0.3) is 10.8 Å². The Bertz CT molecular complexity index is 434. The third-order valence-corrected chi connectivity index (χ3v) is 2.59. The quantitative estimate of drug-likeness (QED) is 0.683. The van der Waals surface area contributed by atoms with Crippen LogP contribution < -0.4 is 0 Å². The molecule has 0 fully saturated rings. The first-order chi connectivity index (χ1) is 6.81. The molecule has 0 aliphatic carbocycles. The Kier molecular flexibility index (Phi) is 2.51. The minimum atomic E-state index is -0.0433. The van der Waals surface area contributed by atoms with Crippen molar-refractivity contribution in [3.05, 3.63) is 48.0 Å². The number of hydrogen-bond donors (Lipinski definition) is 0. The van der Waals surface area contributed by atoms with E-state index in [1.165, 1.54) is 10.8 Å². The van der Waals surface area contributed by atoms with Gasteiger partial charge in [-0.15, -0.1) is 0 Å². The van der Waals surface area contributed by atoms with Crippen molar-refractivity contribution in [2.75, 3.05) is 6.61 Å². The molecule has 0 N–H and O–H groups in total. The molecule has 0 bridgehead atoms. The van der Waals surface area contributed by atoms with Crippen LogP contribution >= 0.6 is 0 Å². The molecule has 0 saturated heterocycles. The standard InChI is InChI=1S/C13H13O/c1-10(9-14)12-7-6-11-4-2-3-5-13(11)8-12/h2-8,10H,9H2,1H3. The SMILES string of the molecule is CC(C[O])c1ccc2ccccc2c1. The van der Waals surface area contributed by atoms with Crippen LogP contribution in [-0.4, -0.2) is 6.61 Å². The summed E-state index contributed by atoms with van der Waals surface area (Å²) < 4.78 is 0. The van der Waals surface area contributed by atoms with E-state index in [0.29, 0.717) is 0 Å².